The number of benzene rings is 2. The molecule has 3 aromatic rings. The molecule has 2 aromatic carbocycles. The van der Waals surface area contributed by atoms with Gasteiger partial charge in [-0.25, -0.2) is 0 Å². The van der Waals surface area contributed by atoms with E-state index in [0.29, 0.717) is 10.6 Å². The number of hydrogen-bond donors (Lipinski definition) is 2. The van der Waals surface area contributed by atoms with Gasteiger partial charge in [-0.3, -0.25) is 4.79 Å². The average molecular weight is 323 g/mol. The minimum atomic E-state index is -1.31. The quantitative estimate of drug-likeness (QED) is 0.763. The van der Waals surface area contributed by atoms with Gasteiger partial charge in [0.25, 0.3) is 0 Å². The van der Waals surface area contributed by atoms with Crippen molar-refractivity contribution in [1.82, 2.24) is 0 Å². The lowest BCUT2D eigenvalue weighted by Crippen LogP contribution is -2.29. The van der Waals surface area contributed by atoms with Gasteiger partial charge in [0.2, 0.25) is 5.91 Å². The van der Waals surface area contributed by atoms with E-state index < -0.39 is 5.60 Å². The Labute approximate surface area is 139 Å². The SMILES string of the molecule is CC(=O)Nc1ccsc1C(O)(c1ccccc1)c1ccccc1. The molecule has 0 aliphatic heterocycles. The topological polar surface area (TPSA) is 49.3 Å². The van der Waals surface area contributed by atoms with Gasteiger partial charge in [-0.1, -0.05) is 60.7 Å². The number of thiophene rings is 1. The maximum atomic E-state index is 11.7. The van der Waals surface area contributed by atoms with Gasteiger partial charge < -0.3 is 10.4 Å². The van der Waals surface area contributed by atoms with E-state index in [4.69, 9.17) is 0 Å². The lowest BCUT2D eigenvalue weighted by Gasteiger charge is -2.29. The molecule has 0 saturated heterocycles. The van der Waals surface area contributed by atoms with Crippen molar-refractivity contribution in [2.75, 3.05) is 5.32 Å². The molecule has 0 radical (unpaired) electrons. The molecule has 3 nitrogen and oxygen atoms in total. The molecule has 3 rings (SSSR count). The van der Waals surface area contributed by atoms with E-state index in [1.807, 2.05) is 72.1 Å². The summed E-state index contributed by atoms with van der Waals surface area (Å²) < 4.78 is 0. The molecule has 4 heteroatoms. The van der Waals surface area contributed by atoms with Gasteiger partial charge >= 0.3 is 0 Å². The highest BCUT2D eigenvalue weighted by molar-refractivity contribution is 7.10. The van der Waals surface area contributed by atoms with Crippen molar-refractivity contribution in [3.8, 4) is 0 Å². The van der Waals surface area contributed by atoms with Crippen LogP contribution < -0.4 is 5.32 Å². The highest BCUT2D eigenvalue weighted by Crippen LogP contribution is 2.43. The predicted octanol–water partition coefficient (Wildman–Crippen LogP) is 3.99. The normalized spacial score (nSPS) is 11.2. The first-order chi connectivity index (χ1) is 11.1. The third kappa shape index (κ3) is 2.91. The second-order valence-corrected chi connectivity index (χ2v) is 6.20. The summed E-state index contributed by atoms with van der Waals surface area (Å²) in [6.45, 7) is 1.46. The number of nitrogens with one attached hydrogen (secondary N) is 1. The number of hydrogen-bond acceptors (Lipinski definition) is 3. The van der Waals surface area contributed by atoms with E-state index in [2.05, 4.69) is 5.32 Å². The monoisotopic (exact) mass is 323 g/mol. The summed E-state index contributed by atoms with van der Waals surface area (Å²) in [5, 5.41) is 16.3. The van der Waals surface area contributed by atoms with Crippen LogP contribution in [0.1, 0.15) is 22.9 Å². The third-order valence-corrected chi connectivity index (χ3v) is 4.71. The highest BCUT2D eigenvalue weighted by Gasteiger charge is 2.37. The van der Waals surface area contributed by atoms with Crippen LogP contribution >= 0.6 is 11.3 Å². The van der Waals surface area contributed by atoms with Gasteiger partial charge in [0.15, 0.2) is 5.60 Å². The molecule has 0 spiro atoms. The van der Waals surface area contributed by atoms with E-state index in [1.54, 1.807) is 0 Å². The molecular weight excluding hydrogens is 306 g/mol. The van der Waals surface area contributed by atoms with E-state index in [1.165, 1.54) is 18.3 Å². The number of rotatable bonds is 4. The fourth-order valence-electron chi connectivity index (χ4n) is 2.67. The van der Waals surface area contributed by atoms with E-state index >= 15 is 0 Å². The fourth-order valence-corrected chi connectivity index (χ4v) is 3.66. The number of anilines is 1. The van der Waals surface area contributed by atoms with Crippen LogP contribution in [0.5, 0.6) is 0 Å². The third-order valence-electron chi connectivity index (χ3n) is 3.69. The Morgan fingerprint density at radius 2 is 1.48 bits per heavy atom. The van der Waals surface area contributed by atoms with Crippen molar-refractivity contribution < 1.29 is 9.90 Å². The van der Waals surface area contributed by atoms with E-state index in [0.717, 1.165) is 11.1 Å². The lowest BCUT2D eigenvalue weighted by atomic mass is 9.84. The van der Waals surface area contributed by atoms with Gasteiger partial charge in [0.05, 0.1) is 10.6 Å². The average Bonchev–Trinajstić information content (AvgIpc) is 3.03. The van der Waals surface area contributed by atoms with Crippen molar-refractivity contribution in [3.63, 3.8) is 0 Å². The van der Waals surface area contributed by atoms with Crippen molar-refractivity contribution in [1.29, 1.82) is 0 Å². The van der Waals surface area contributed by atoms with Crippen LogP contribution in [-0.4, -0.2) is 11.0 Å². The van der Waals surface area contributed by atoms with Gasteiger partial charge in [-0.2, -0.15) is 0 Å². The summed E-state index contributed by atoms with van der Waals surface area (Å²) in [7, 11) is 0. The molecule has 0 atom stereocenters. The smallest absolute Gasteiger partial charge is 0.221 e. The highest BCUT2D eigenvalue weighted by atomic mass is 32.1. The van der Waals surface area contributed by atoms with Crippen LogP contribution in [0, 0.1) is 0 Å². The number of carbonyl (C=O) groups excluding carboxylic acids is 1. The zero-order chi connectivity index (χ0) is 16.3. The maximum Gasteiger partial charge on any atom is 0.221 e. The molecule has 0 saturated carbocycles. The Morgan fingerprint density at radius 3 is 1.96 bits per heavy atom. The first-order valence-corrected chi connectivity index (χ1v) is 8.19. The number of carbonyl (C=O) groups is 1. The molecule has 1 aromatic heterocycles. The van der Waals surface area contributed by atoms with Crippen LogP contribution in [0.4, 0.5) is 5.69 Å². The van der Waals surface area contributed by atoms with Gasteiger partial charge in [0, 0.05) is 6.92 Å². The molecule has 0 bridgehead atoms. The van der Waals surface area contributed by atoms with Crippen LogP contribution in [0.25, 0.3) is 0 Å². The molecule has 116 valence electrons. The summed E-state index contributed by atoms with van der Waals surface area (Å²) in [4.78, 5) is 12.2. The molecule has 23 heavy (non-hydrogen) atoms. The Hall–Kier alpha value is -2.43. The number of aliphatic hydroxyl groups is 1. The van der Waals surface area contributed by atoms with E-state index in [-0.39, 0.29) is 5.91 Å². The molecule has 2 N–H and O–H groups in total. The summed E-state index contributed by atoms with van der Waals surface area (Å²) in [5.41, 5.74) is 0.854. The molecule has 1 heterocycles. The van der Waals surface area contributed by atoms with Crippen molar-refractivity contribution >= 4 is 22.9 Å². The standard InChI is InChI=1S/C19H17NO2S/c1-14(21)20-17-12-13-23-18(17)19(22,15-8-4-2-5-9-15)16-10-6-3-7-11-16/h2-13,22H,1H3,(H,20,21). The van der Waals surface area contributed by atoms with Crippen LogP contribution in [0.15, 0.2) is 72.1 Å². The van der Waals surface area contributed by atoms with Gasteiger partial charge in [-0.05, 0) is 22.6 Å². The zero-order valence-electron chi connectivity index (χ0n) is 12.7. The van der Waals surface area contributed by atoms with Gasteiger partial charge in [0.1, 0.15) is 0 Å². The number of amides is 1. The predicted molar refractivity (Wildman–Crippen MR) is 93.6 cm³/mol. The Balaban J connectivity index is 2.22. The first-order valence-electron chi connectivity index (χ1n) is 7.31. The largest absolute Gasteiger partial charge is 0.375 e. The van der Waals surface area contributed by atoms with E-state index in [9.17, 15) is 9.90 Å². The molecular formula is C19H17NO2S. The van der Waals surface area contributed by atoms with Crippen LogP contribution in [0.2, 0.25) is 0 Å². The fraction of sp³-hybridized carbons (Fsp3) is 0.105. The lowest BCUT2D eigenvalue weighted by molar-refractivity contribution is -0.114. The van der Waals surface area contributed by atoms with Crippen LogP contribution in [0.3, 0.4) is 0 Å². The van der Waals surface area contributed by atoms with Crippen molar-refractivity contribution in [2.45, 2.75) is 12.5 Å². The Morgan fingerprint density at radius 1 is 0.957 bits per heavy atom. The minimum Gasteiger partial charge on any atom is -0.375 e. The van der Waals surface area contributed by atoms with Crippen molar-refractivity contribution in [3.05, 3.63) is 88.1 Å². The first kappa shape index (κ1) is 15.5. The molecule has 0 unspecified atom stereocenters. The summed E-state index contributed by atoms with van der Waals surface area (Å²) in [6.07, 6.45) is 0. The molecule has 0 aliphatic rings. The van der Waals surface area contributed by atoms with Crippen LogP contribution in [-0.2, 0) is 10.4 Å². The molecule has 0 fully saturated rings. The molecule has 0 aliphatic carbocycles. The minimum absolute atomic E-state index is 0.159. The Bertz CT molecular complexity index is 757. The maximum absolute atomic E-state index is 11.7. The Kier molecular flexibility index (Phi) is 4.28. The summed E-state index contributed by atoms with van der Waals surface area (Å²) in [5.74, 6) is -0.159. The van der Waals surface area contributed by atoms with Crippen molar-refractivity contribution in [2.24, 2.45) is 0 Å². The van der Waals surface area contributed by atoms with Gasteiger partial charge in [-0.15, -0.1) is 11.3 Å². The zero-order valence-corrected chi connectivity index (χ0v) is 13.5. The second-order valence-electron chi connectivity index (χ2n) is 5.29. The summed E-state index contributed by atoms with van der Waals surface area (Å²) in [6, 6.07) is 20.8. The summed E-state index contributed by atoms with van der Waals surface area (Å²) >= 11 is 1.42. The second kappa shape index (κ2) is 6.36. The molecule has 1 amide bonds.